The Morgan fingerprint density at radius 2 is 1.11 bits per heavy atom. The standard InChI is InChI=1S/C12H10I.C4H4F6O3S/c1-3-7-11(8-4-1)13-12-9-5-2-6-10-12;1-2(5,6)3(7,8)4(9,10)14(11,12)13/h1-10H;1H3,(H,11,12,13)/q+1;/p-1. The average Bonchev–Trinajstić information content (AvgIpc) is 2.55. The van der Waals surface area contributed by atoms with E-state index in [9.17, 15) is 39.3 Å². The van der Waals surface area contributed by atoms with Crippen molar-refractivity contribution in [2.45, 2.75) is 24.0 Å². The van der Waals surface area contributed by atoms with E-state index in [1.165, 1.54) is 7.14 Å². The number of hydrogen-bond donors (Lipinski definition) is 0. The first-order chi connectivity index (χ1) is 12.2. The van der Waals surface area contributed by atoms with E-state index in [4.69, 9.17) is 0 Å². The Morgan fingerprint density at radius 1 is 0.778 bits per heavy atom. The highest BCUT2D eigenvalue weighted by Crippen LogP contribution is 2.47. The van der Waals surface area contributed by atoms with Crippen molar-refractivity contribution in [2.24, 2.45) is 0 Å². The molecule has 27 heavy (non-hydrogen) atoms. The number of rotatable bonds is 5. The third kappa shape index (κ3) is 6.07. The van der Waals surface area contributed by atoms with E-state index in [2.05, 4.69) is 60.7 Å². The summed E-state index contributed by atoms with van der Waals surface area (Å²) in [5.74, 6) is -11.6. The molecule has 2 aromatic carbocycles. The Hall–Kier alpha value is -1.34. The second kappa shape index (κ2) is 8.78. The molecule has 0 aliphatic heterocycles. The van der Waals surface area contributed by atoms with Crippen LogP contribution in [0.2, 0.25) is 0 Å². The molecule has 11 heteroatoms. The highest BCUT2D eigenvalue weighted by Gasteiger charge is 2.72. The maximum atomic E-state index is 12.1. The van der Waals surface area contributed by atoms with Crippen LogP contribution in [0.25, 0.3) is 0 Å². The zero-order valence-corrected chi connectivity index (χ0v) is 16.5. The number of alkyl halides is 6. The second-order valence-electron chi connectivity index (χ2n) is 5.12. The normalized spacial score (nSPS) is 12.9. The Kier molecular flexibility index (Phi) is 7.70. The van der Waals surface area contributed by atoms with Gasteiger partial charge in [0.15, 0.2) is 17.3 Å². The van der Waals surface area contributed by atoms with Crippen molar-refractivity contribution in [3.05, 3.63) is 67.8 Å². The second-order valence-corrected chi connectivity index (χ2v) is 9.57. The van der Waals surface area contributed by atoms with Gasteiger partial charge in [-0.15, -0.1) is 0 Å². The molecule has 0 saturated carbocycles. The summed E-state index contributed by atoms with van der Waals surface area (Å²) < 4.78 is 104. The van der Waals surface area contributed by atoms with Crippen molar-refractivity contribution in [3.63, 3.8) is 0 Å². The summed E-state index contributed by atoms with van der Waals surface area (Å²) in [6, 6.07) is 21.4. The van der Waals surface area contributed by atoms with Gasteiger partial charge in [0, 0.05) is 6.92 Å². The fraction of sp³-hybridized carbons (Fsp3) is 0.250. The summed E-state index contributed by atoms with van der Waals surface area (Å²) in [6.07, 6.45) is 0. The molecule has 0 aromatic heterocycles. The molecule has 150 valence electrons. The van der Waals surface area contributed by atoms with E-state index in [1.807, 2.05) is 0 Å². The van der Waals surface area contributed by atoms with Crippen LogP contribution in [0.1, 0.15) is 6.92 Å². The molecule has 2 aromatic rings. The molecular formula is C16H13F6IO3S. The van der Waals surface area contributed by atoms with Crippen molar-refractivity contribution in [3.8, 4) is 0 Å². The molecule has 0 saturated heterocycles. The van der Waals surface area contributed by atoms with Crippen LogP contribution < -0.4 is 21.2 Å². The van der Waals surface area contributed by atoms with Gasteiger partial charge in [0.1, 0.15) is 0 Å². The Bertz CT molecular complexity index is 787. The van der Waals surface area contributed by atoms with E-state index in [-0.39, 0.29) is 21.2 Å². The lowest BCUT2D eigenvalue weighted by Gasteiger charge is -2.31. The van der Waals surface area contributed by atoms with Crippen LogP contribution in [0.15, 0.2) is 60.7 Å². The minimum atomic E-state index is -6.86. The Morgan fingerprint density at radius 3 is 1.33 bits per heavy atom. The maximum absolute atomic E-state index is 12.1. The van der Waals surface area contributed by atoms with Gasteiger partial charge in [0.25, 0.3) is 0 Å². The quantitative estimate of drug-likeness (QED) is 0.335. The van der Waals surface area contributed by atoms with E-state index in [0.29, 0.717) is 0 Å². The van der Waals surface area contributed by atoms with Gasteiger partial charge in [0.05, 0.1) is 0 Å². The first-order valence-corrected chi connectivity index (χ1v) is 10.6. The minimum Gasteiger partial charge on any atom is -0.743 e. The zero-order chi connectivity index (χ0) is 20.9. The lowest BCUT2D eigenvalue weighted by atomic mass is 10.2. The highest BCUT2D eigenvalue weighted by atomic mass is 127. The average molecular weight is 526 g/mol. The third-order valence-corrected chi connectivity index (χ3v) is 6.48. The monoisotopic (exact) mass is 526 g/mol. The number of halogens is 7. The first kappa shape index (κ1) is 23.7. The molecule has 0 amide bonds. The molecule has 0 radical (unpaired) electrons. The first-order valence-electron chi connectivity index (χ1n) is 7.04. The Labute approximate surface area is 162 Å². The topological polar surface area (TPSA) is 57.2 Å². The maximum Gasteiger partial charge on any atom is 0.402 e. The van der Waals surface area contributed by atoms with Crippen LogP contribution in [0.5, 0.6) is 0 Å². The van der Waals surface area contributed by atoms with Crippen molar-refractivity contribution < 1.29 is 60.5 Å². The molecule has 0 aliphatic carbocycles. The van der Waals surface area contributed by atoms with Crippen molar-refractivity contribution in [1.82, 2.24) is 0 Å². The molecule has 0 N–H and O–H groups in total. The van der Waals surface area contributed by atoms with Gasteiger partial charge < -0.3 is 4.55 Å². The summed E-state index contributed by atoms with van der Waals surface area (Å²) in [7, 11) is -6.86. The molecule has 0 spiro atoms. The minimum absolute atomic E-state index is 0.0287. The van der Waals surface area contributed by atoms with Crippen molar-refractivity contribution >= 4 is 10.1 Å². The van der Waals surface area contributed by atoms with Gasteiger partial charge in [-0.05, 0) is 24.3 Å². The van der Waals surface area contributed by atoms with Gasteiger partial charge in [-0.2, -0.15) is 26.3 Å². The van der Waals surface area contributed by atoms with Crippen molar-refractivity contribution in [2.75, 3.05) is 0 Å². The molecule has 2 rings (SSSR count). The zero-order valence-electron chi connectivity index (χ0n) is 13.6. The number of hydrogen-bond acceptors (Lipinski definition) is 3. The fourth-order valence-electron chi connectivity index (χ4n) is 1.49. The molecule has 0 fully saturated rings. The van der Waals surface area contributed by atoms with E-state index in [1.54, 1.807) is 0 Å². The SMILES string of the molecule is CC(F)(F)C(F)(F)C(F)(F)S(=O)(=O)[O-].c1ccc([I+]c2ccccc2)cc1. The van der Waals surface area contributed by atoms with Gasteiger partial charge in [0.2, 0.25) is 0 Å². The molecule has 0 heterocycles. The largest absolute Gasteiger partial charge is 0.743 e. The highest BCUT2D eigenvalue weighted by molar-refractivity contribution is 7.86. The van der Waals surface area contributed by atoms with Crippen LogP contribution in [0, 0.1) is 7.14 Å². The summed E-state index contributed by atoms with van der Waals surface area (Å²) >= 11 is 0.0287. The van der Waals surface area contributed by atoms with Crippen LogP contribution in [0.4, 0.5) is 26.3 Å². The van der Waals surface area contributed by atoms with Crippen LogP contribution >= 0.6 is 0 Å². The smallest absolute Gasteiger partial charge is 0.402 e. The van der Waals surface area contributed by atoms with E-state index >= 15 is 0 Å². The molecular weight excluding hydrogens is 513 g/mol. The van der Waals surface area contributed by atoms with Crippen LogP contribution in [0.3, 0.4) is 0 Å². The lowest BCUT2D eigenvalue weighted by Crippen LogP contribution is -3.61. The summed E-state index contributed by atoms with van der Waals surface area (Å²) in [4.78, 5) is 0. The van der Waals surface area contributed by atoms with Gasteiger partial charge in [-0.25, -0.2) is 8.42 Å². The predicted octanol–water partition coefficient (Wildman–Crippen LogP) is 1.23. The molecule has 0 unspecified atom stereocenters. The third-order valence-electron chi connectivity index (χ3n) is 2.92. The van der Waals surface area contributed by atoms with Crippen molar-refractivity contribution in [1.29, 1.82) is 0 Å². The van der Waals surface area contributed by atoms with E-state index < -0.39 is 34.1 Å². The van der Waals surface area contributed by atoms with Gasteiger partial charge in [-0.1, -0.05) is 36.4 Å². The summed E-state index contributed by atoms with van der Waals surface area (Å²) in [5.41, 5.74) is 0. The lowest BCUT2D eigenvalue weighted by molar-refractivity contribution is -0.597. The van der Waals surface area contributed by atoms with Crippen LogP contribution in [-0.4, -0.2) is 30.1 Å². The van der Waals surface area contributed by atoms with Crippen LogP contribution in [-0.2, 0) is 10.1 Å². The predicted molar refractivity (Wildman–Crippen MR) is 80.5 cm³/mol. The van der Waals surface area contributed by atoms with Gasteiger partial charge >= 0.3 is 38.3 Å². The summed E-state index contributed by atoms with van der Waals surface area (Å²) in [5, 5.41) is -6.35. The molecule has 0 aliphatic rings. The molecule has 0 atom stereocenters. The van der Waals surface area contributed by atoms with Gasteiger partial charge in [-0.3, -0.25) is 0 Å². The summed E-state index contributed by atoms with van der Waals surface area (Å²) in [6.45, 7) is -0.619. The number of benzene rings is 2. The molecule has 3 nitrogen and oxygen atoms in total. The fourth-order valence-corrected chi connectivity index (χ4v) is 4.26. The molecule has 0 bridgehead atoms. The van der Waals surface area contributed by atoms with E-state index in [0.717, 1.165) is 0 Å². The Balaban J connectivity index is 0.000000270.